The van der Waals surface area contributed by atoms with Crippen LogP contribution >= 0.6 is 24.8 Å². The monoisotopic (exact) mass is 516 g/mol. The van der Waals surface area contributed by atoms with Gasteiger partial charge in [0.15, 0.2) is 17.3 Å². The van der Waals surface area contributed by atoms with E-state index in [1.54, 1.807) is 20.5 Å². The van der Waals surface area contributed by atoms with Crippen molar-refractivity contribution in [3.63, 3.8) is 0 Å². The first-order valence-electron chi connectivity index (χ1n) is 11.8. The Morgan fingerprint density at radius 3 is 2.38 bits per heavy atom. The molecule has 4 rings (SSSR count). The third kappa shape index (κ3) is 6.58. The van der Waals surface area contributed by atoms with Crippen molar-refractivity contribution in [2.24, 2.45) is 5.92 Å². The van der Waals surface area contributed by atoms with Gasteiger partial charge in [-0.1, -0.05) is 13.0 Å². The SMILES string of the molecule is CCN1CCN(CCOC2CCC3C(=O)C(c4ccc(OC)c(OC)c4)=COC3C2)CC1.Cl.Cl. The predicted molar refractivity (Wildman–Crippen MR) is 138 cm³/mol. The van der Waals surface area contributed by atoms with E-state index < -0.39 is 0 Å². The Kier molecular flexibility index (Phi) is 11.4. The molecule has 3 unspecified atom stereocenters. The number of ketones is 1. The van der Waals surface area contributed by atoms with Crippen molar-refractivity contribution in [2.45, 2.75) is 38.4 Å². The largest absolute Gasteiger partial charge is 0.496 e. The van der Waals surface area contributed by atoms with Crippen LogP contribution in [0, 0.1) is 5.92 Å². The average Bonchev–Trinajstić information content (AvgIpc) is 2.84. The summed E-state index contributed by atoms with van der Waals surface area (Å²) in [6.07, 6.45) is 4.17. The minimum Gasteiger partial charge on any atom is -0.496 e. The van der Waals surface area contributed by atoms with E-state index in [1.807, 2.05) is 18.2 Å². The molecule has 1 aromatic carbocycles. The van der Waals surface area contributed by atoms with Crippen molar-refractivity contribution >= 4 is 36.2 Å². The average molecular weight is 517 g/mol. The molecule has 0 amide bonds. The van der Waals surface area contributed by atoms with E-state index in [2.05, 4.69) is 16.7 Å². The van der Waals surface area contributed by atoms with E-state index in [4.69, 9.17) is 18.9 Å². The Balaban J connectivity index is 0.00000204. The van der Waals surface area contributed by atoms with Gasteiger partial charge in [0.05, 0.1) is 44.7 Å². The lowest BCUT2D eigenvalue weighted by molar-refractivity contribution is -0.128. The fraction of sp³-hybridized carbons (Fsp3) is 0.640. The van der Waals surface area contributed by atoms with Gasteiger partial charge >= 0.3 is 0 Å². The van der Waals surface area contributed by atoms with Crippen molar-refractivity contribution in [3.8, 4) is 11.5 Å². The summed E-state index contributed by atoms with van der Waals surface area (Å²) in [4.78, 5) is 18.2. The van der Waals surface area contributed by atoms with Crippen LogP contribution in [0.4, 0.5) is 0 Å². The topological polar surface area (TPSA) is 60.5 Å². The highest BCUT2D eigenvalue weighted by molar-refractivity contribution is 6.22. The molecule has 9 heteroatoms. The van der Waals surface area contributed by atoms with Crippen LogP contribution in [0.5, 0.6) is 11.5 Å². The van der Waals surface area contributed by atoms with Gasteiger partial charge in [-0.3, -0.25) is 9.69 Å². The minimum atomic E-state index is -0.106. The van der Waals surface area contributed by atoms with Crippen LogP contribution in [-0.4, -0.2) is 87.9 Å². The minimum absolute atomic E-state index is 0. The molecule has 3 aliphatic rings. The summed E-state index contributed by atoms with van der Waals surface area (Å²) in [5, 5.41) is 0. The number of rotatable bonds is 8. The van der Waals surface area contributed by atoms with Crippen molar-refractivity contribution < 1.29 is 23.7 Å². The third-order valence-corrected chi connectivity index (χ3v) is 7.07. The maximum Gasteiger partial charge on any atom is 0.173 e. The van der Waals surface area contributed by atoms with Crippen molar-refractivity contribution in [2.75, 3.05) is 60.1 Å². The molecule has 192 valence electrons. The molecule has 0 aromatic heterocycles. The van der Waals surface area contributed by atoms with Gasteiger partial charge in [-0.25, -0.2) is 0 Å². The van der Waals surface area contributed by atoms with E-state index in [1.165, 1.54) is 0 Å². The number of hydrogen-bond acceptors (Lipinski definition) is 7. The first-order chi connectivity index (χ1) is 15.6. The lowest BCUT2D eigenvalue weighted by Crippen LogP contribution is -2.47. The van der Waals surface area contributed by atoms with E-state index in [0.29, 0.717) is 17.1 Å². The Hall–Kier alpha value is -1.51. The van der Waals surface area contributed by atoms with E-state index >= 15 is 0 Å². The summed E-state index contributed by atoms with van der Waals surface area (Å²) in [6, 6.07) is 5.53. The third-order valence-electron chi connectivity index (χ3n) is 7.07. The molecular formula is C25H38Cl2N2O5. The van der Waals surface area contributed by atoms with Gasteiger partial charge in [0.1, 0.15) is 6.10 Å². The van der Waals surface area contributed by atoms with Crippen molar-refractivity contribution in [1.82, 2.24) is 9.80 Å². The number of methoxy groups -OCH3 is 2. The van der Waals surface area contributed by atoms with Gasteiger partial charge in [0, 0.05) is 39.1 Å². The van der Waals surface area contributed by atoms with Gasteiger partial charge in [0.2, 0.25) is 0 Å². The number of hydrogen-bond donors (Lipinski definition) is 0. The second kappa shape index (κ2) is 13.5. The maximum atomic E-state index is 13.2. The fourth-order valence-electron chi connectivity index (χ4n) is 5.00. The standard InChI is InChI=1S/C25H36N2O5.2ClH/c1-4-26-9-11-27(12-10-26)13-14-31-19-6-7-20-23(16-19)32-17-21(25(20)28)18-5-8-22(29-2)24(15-18)30-3;;/h5,8,15,17,19-20,23H,4,6-7,9-14,16H2,1-3H3;2*1H. The molecule has 2 heterocycles. The number of ether oxygens (including phenoxy) is 4. The number of likely N-dealkylation sites (N-methyl/N-ethyl adjacent to an activating group) is 1. The van der Waals surface area contributed by atoms with Gasteiger partial charge in [-0.2, -0.15) is 0 Å². The number of nitrogens with zero attached hydrogens (tertiary/aromatic N) is 2. The number of benzene rings is 1. The smallest absolute Gasteiger partial charge is 0.173 e. The van der Waals surface area contributed by atoms with Crippen molar-refractivity contribution in [3.05, 3.63) is 30.0 Å². The maximum absolute atomic E-state index is 13.2. The second-order valence-electron chi connectivity index (χ2n) is 8.83. The van der Waals surface area contributed by atoms with Gasteiger partial charge in [-0.05, 0) is 37.1 Å². The van der Waals surface area contributed by atoms with Gasteiger partial charge < -0.3 is 23.8 Å². The molecule has 1 aliphatic carbocycles. The quantitative estimate of drug-likeness (QED) is 0.522. The molecule has 7 nitrogen and oxygen atoms in total. The number of fused-ring (bicyclic) bond motifs is 1. The van der Waals surface area contributed by atoms with Crippen LogP contribution < -0.4 is 9.47 Å². The zero-order chi connectivity index (χ0) is 22.5. The first kappa shape index (κ1) is 28.7. The fourth-order valence-corrected chi connectivity index (χ4v) is 5.00. The summed E-state index contributed by atoms with van der Waals surface area (Å²) in [7, 11) is 3.20. The van der Waals surface area contributed by atoms with Gasteiger partial charge in [0.25, 0.3) is 0 Å². The van der Waals surface area contributed by atoms with Crippen LogP contribution in [0.15, 0.2) is 24.5 Å². The summed E-state index contributed by atoms with van der Waals surface area (Å²) >= 11 is 0. The molecule has 0 bridgehead atoms. The molecular weight excluding hydrogens is 479 g/mol. The molecule has 2 fully saturated rings. The Labute approximate surface area is 215 Å². The molecule has 2 aliphatic heterocycles. The van der Waals surface area contributed by atoms with E-state index in [9.17, 15) is 4.79 Å². The lowest BCUT2D eigenvalue weighted by Gasteiger charge is -2.38. The molecule has 1 aromatic rings. The summed E-state index contributed by atoms with van der Waals surface area (Å²) < 4.78 is 22.9. The molecule has 3 atom stereocenters. The molecule has 1 saturated carbocycles. The highest BCUT2D eigenvalue weighted by Gasteiger charge is 2.40. The van der Waals surface area contributed by atoms with Crippen molar-refractivity contribution in [1.29, 1.82) is 0 Å². The molecule has 0 N–H and O–H groups in total. The number of carbonyl (C=O) groups is 1. The zero-order valence-corrected chi connectivity index (χ0v) is 22.0. The van der Waals surface area contributed by atoms with E-state index in [0.717, 1.165) is 70.7 Å². The van der Waals surface area contributed by atoms with Gasteiger partial charge in [-0.15, -0.1) is 24.8 Å². The highest BCUT2D eigenvalue weighted by atomic mass is 35.5. The predicted octanol–water partition coefficient (Wildman–Crippen LogP) is 3.68. The molecule has 0 spiro atoms. The lowest BCUT2D eigenvalue weighted by atomic mass is 9.78. The normalized spacial score (nSPS) is 25.2. The van der Waals surface area contributed by atoms with Crippen LogP contribution in [0.1, 0.15) is 31.7 Å². The summed E-state index contributed by atoms with van der Waals surface area (Å²) in [5.41, 5.74) is 1.41. The Bertz CT molecular complexity index is 830. The molecule has 1 saturated heterocycles. The zero-order valence-electron chi connectivity index (χ0n) is 20.4. The number of piperazine rings is 1. The number of halogens is 2. The molecule has 34 heavy (non-hydrogen) atoms. The highest BCUT2D eigenvalue weighted by Crippen LogP contribution is 2.39. The summed E-state index contributed by atoms with van der Waals surface area (Å²) in [6.45, 7) is 9.61. The Morgan fingerprint density at radius 2 is 1.71 bits per heavy atom. The van der Waals surface area contributed by atoms with Crippen LogP contribution in [0.3, 0.4) is 0 Å². The number of Topliss-reactive ketones (excluding diaryl/α,β-unsaturated/α-hetero) is 1. The second-order valence-corrected chi connectivity index (χ2v) is 8.83. The number of allylic oxidation sites excluding steroid dienone is 1. The number of carbonyl (C=O) groups excluding carboxylic acids is 1. The van der Waals surface area contributed by atoms with E-state index in [-0.39, 0.29) is 48.7 Å². The molecule has 0 radical (unpaired) electrons. The first-order valence-corrected chi connectivity index (χ1v) is 11.8. The Morgan fingerprint density at radius 1 is 1.00 bits per heavy atom. The van der Waals surface area contributed by atoms with Crippen LogP contribution in [0.2, 0.25) is 0 Å². The van der Waals surface area contributed by atoms with Crippen LogP contribution in [-0.2, 0) is 14.3 Å². The van der Waals surface area contributed by atoms with Crippen LogP contribution in [0.25, 0.3) is 5.57 Å². The summed E-state index contributed by atoms with van der Waals surface area (Å²) in [5.74, 6) is 1.30.